The van der Waals surface area contributed by atoms with Crippen molar-refractivity contribution in [3.8, 4) is 17.0 Å². The van der Waals surface area contributed by atoms with E-state index in [4.69, 9.17) is 16.3 Å². The fraction of sp³-hybridized carbons (Fsp3) is 0.414. The molecule has 36 heavy (non-hydrogen) atoms. The molecule has 0 unspecified atom stereocenters. The number of rotatable bonds is 8. The van der Waals surface area contributed by atoms with Gasteiger partial charge in [0, 0.05) is 47.6 Å². The van der Waals surface area contributed by atoms with Gasteiger partial charge in [0.2, 0.25) is 0 Å². The Kier molecular flexibility index (Phi) is 7.84. The van der Waals surface area contributed by atoms with Gasteiger partial charge >= 0.3 is 5.97 Å². The number of carboxylic acid groups (broad SMARTS) is 1. The molecule has 0 atom stereocenters. The van der Waals surface area contributed by atoms with Crippen molar-refractivity contribution < 1.29 is 14.6 Å². The van der Waals surface area contributed by atoms with Gasteiger partial charge in [0.1, 0.15) is 5.75 Å². The van der Waals surface area contributed by atoms with Crippen LogP contribution in [0.4, 0.5) is 5.69 Å². The summed E-state index contributed by atoms with van der Waals surface area (Å²) < 4.78 is 5.93. The van der Waals surface area contributed by atoms with E-state index in [1.165, 1.54) is 0 Å². The van der Waals surface area contributed by atoms with Crippen molar-refractivity contribution in [1.82, 2.24) is 9.97 Å². The first kappa shape index (κ1) is 26.0. The topological polar surface area (TPSA) is 75.6 Å². The molecule has 7 heteroatoms. The average molecular weight is 508 g/mol. The van der Waals surface area contributed by atoms with Crippen LogP contribution in [0.2, 0.25) is 5.02 Å². The van der Waals surface area contributed by atoms with Crippen molar-refractivity contribution in [2.24, 2.45) is 5.41 Å². The zero-order valence-electron chi connectivity index (χ0n) is 21.5. The predicted molar refractivity (Wildman–Crippen MR) is 144 cm³/mol. The third kappa shape index (κ3) is 6.16. The van der Waals surface area contributed by atoms with Crippen LogP contribution < -0.4 is 9.64 Å². The Balaban J connectivity index is 1.55. The molecule has 3 aromatic rings. The number of nitrogens with zero attached hydrogens (tertiary/aromatic N) is 3. The standard InChI is InChI=1S/C29H34ClN3O3/c1-19-5-6-21(15-25(19)30)9-14-36-22-7-8-26(32-17-22)24-18-31-20(2)23(16-27(34)35)28(24)33-12-10-29(3,4)11-13-33/h5-8,15,17-18H,9-14,16H2,1-4H3,(H,34,35). The number of pyridine rings is 2. The van der Waals surface area contributed by atoms with E-state index in [0.29, 0.717) is 12.4 Å². The molecule has 1 N–H and O–H groups in total. The fourth-order valence-corrected chi connectivity index (χ4v) is 4.79. The number of aliphatic carboxylic acids is 1. The highest BCUT2D eigenvalue weighted by molar-refractivity contribution is 6.31. The molecule has 190 valence electrons. The monoisotopic (exact) mass is 507 g/mol. The SMILES string of the molecule is Cc1ccc(CCOc2ccc(-c3cnc(C)c(CC(=O)O)c3N3CCC(C)(C)CC3)nc2)cc1Cl. The number of piperidine rings is 1. The number of ether oxygens (including phenoxy) is 1. The Morgan fingerprint density at radius 2 is 1.86 bits per heavy atom. The van der Waals surface area contributed by atoms with E-state index >= 15 is 0 Å². The molecule has 1 aliphatic rings. The lowest BCUT2D eigenvalue weighted by molar-refractivity contribution is -0.136. The maximum Gasteiger partial charge on any atom is 0.307 e. The molecule has 6 nitrogen and oxygen atoms in total. The van der Waals surface area contributed by atoms with E-state index in [9.17, 15) is 9.90 Å². The van der Waals surface area contributed by atoms with Gasteiger partial charge in [-0.15, -0.1) is 0 Å². The van der Waals surface area contributed by atoms with Gasteiger partial charge in [-0.25, -0.2) is 0 Å². The zero-order valence-corrected chi connectivity index (χ0v) is 22.2. The van der Waals surface area contributed by atoms with Gasteiger partial charge in [0.05, 0.1) is 30.6 Å². The van der Waals surface area contributed by atoms with Gasteiger partial charge < -0.3 is 14.7 Å². The number of hydrogen-bond donors (Lipinski definition) is 1. The van der Waals surface area contributed by atoms with Crippen molar-refractivity contribution in [3.63, 3.8) is 0 Å². The van der Waals surface area contributed by atoms with Gasteiger partial charge in [-0.3, -0.25) is 14.8 Å². The van der Waals surface area contributed by atoms with Crippen LogP contribution in [0.25, 0.3) is 11.3 Å². The number of halogens is 1. The summed E-state index contributed by atoms with van der Waals surface area (Å²) in [5, 5.41) is 10.4. The molecule has 1 aliphatic heterocycles. The van der Waals surface area contributed by atoms with Crippen LogP contribution in [0.15, 0.2) is 42.7 Å². The second-order valence-corrected chi connectivity index (χ2v) is 10.8. The summed E-state index contributed by atoms with van der Waals surface area (Å²) >= 11 is 6.22. The lowest BCUT2D eigenvalue weighted by atomic mass is 9.82. The first-order valence-corrected chi connectivity index (χ1v) is 12.8. The molecule has 2 aromatic heterocycles. The van der Waals surface area contributed by atoms with Crippen LogP contribution >= 0.6 is 11.6 Å². The number of benzene rings is 1. The largest absolute Gasteiger partial charge is 0.492 e. The molecule has 1 saturated heterocycles. The lowest BCUT2D eigenvalue weighted by Crippen LogP contribution is -2.38. The third-order valence-electron chi connectivity index (χ3n) is 7.03. The minimum atomic E-state index is -0.859. The molecule has 0 spiro atoms. The van der Waals surface area contributed by atoms with E-state index in [0.717, 1.165) is 76.7 Å². The van der Waals surface area contributed by atoms with Crippen molar-refractivity contribution >= 4 is 23.3 Å². The van der Waals surface area contributed by atoms with Gasteiger partial charge in [0.25, 0.3) is 0 Å². The Labute approximate surface area is 218 Å². The number of aryl methyl sites for hydroxylation is 2. The number of aromatic nitrogens is 2. The lowest BCUT2D eigenvalue weighted by Gasteiger charge is -2.40. The van der Waals surface area contributed by atoms with Gasteiger partial charge in [-0.2, -0.15) is 0 Å². The normalized spacial score (nSPS) is 15.1. The molecule has 0 bridgehead atoms. The Hall–Kier alpha value is -3.12. The number of carbonyl (C=O) groups is 1. The van der Waals surface area contributed by atoms with Crippen LogP contribution in [0.5, 0.6) is 5.75 Å². The van der Waals surface area contributed by atoms with E-state index in [1.54, 1.807) is 6.20 Å². The molecule has 0 aliphatic carbocycles. The maximum atomic E-state index is 11.7. The summed E-state index contributed by atoms with van der Waals surface area (Å²) in [4.78, 5) is 23.2. The second kappa shape index (κ2) is 10.9. The van der Waals surface area contributed by atoms with Crippen LogP contribution in [-0.4, -0.2) is 40.7 Å². The van der Waals surface area contributed by atoms with Gasteiger partial charge in [-0.05, 0) is 61.4 Å². The summed E-state index contributed by atoms with van der Waals surface area (Å²) in [5.74, 6) is -0.175. The quantitative estimate of drug-likeness (QED) is 0.386. The summed E-state index contributed by atoms with van der Waals surface area (Å²) in [6.45, 7) is 10.7. The number of anilines is 1. The Morgan fingerprint density at radius 1 is 1.11 bits per heavy atom. The van der Waals surface area contributed by atoms with E-state index in [2.05, 4.69) is 34.8 Å². The third-order valence-corrected chi connectivity index (χ3v) is 7.44. The van der Waals surface area contributed by atoms with E-state index < -0.39 is 5.97 Å². The van der Waals surface area contributed by atoms with Gasteiger partial charge in [0.15, 0.2) is 0 Å². The molecule has 0 amide bonds. The van der Waals surface area contributed by atoms with E-state index in [-0.39, 0.29) is 11.8 Å². The fourth-order valence-electron chi connectivity index (χ4n) is 4.59. The summed E-state index contributed by atoms with van der Waals surface area (Å²) in [7, 11) is 0. The molecule has 0 radical (unpaired) electrons. The summed E-state index contributed by atoms with van der Waals surface area (Å²) in [6, 6.07) is 9.89. The highest BCUT2D eigenvalue weighted by atomic mass is 35.5. The number of carboxylic acids is 1. The summed E-state index contributed by atoms with van der Waals surface area (Å²) in [5.41, 5.74) is 6.54. The molecule has 3 heterocycles. The number of hydrogen-bond acceptors (Lipinski definition) is 5. The van der Waals surface area contributed by atoms with Crippen molar-refractivity contribution in [3.05, 3.63) is 70.1 Å². The van der Waals surface area contributed by atoms with Crippen molar-refractivity contribution in [1.29, 1.82) is 0 Å². The minimum absolute atomic E-state index is 0.0634. The Morgan fingerprint density at radius 3 is 2.50 bits per heavy atom. The van der Waals surface area contributed by atoms with Crippen LogP contribution in [0, 0.1) is 19.3 Å². The van der Waals surface area contributed by atoms with Crippen molar-refractivity contribution in [2.75, 3.05) is 24.6 Å². The van der Waals surface area contributed by atoms with Crippen LogP contribution in [-0.2, 0) is 17.6 Å². The highest BCUT2D eigenvalue weighted by Crippen LogP contribution is 2.39. The first-order chi connectivity index (χ1) is 17.1. The van der Waals surface area contributed by atoms with Gasteiger partial charge in [-0.1, -0.05) is 37.6 Å². The minimum Gasteiger partial charge on any atom is -0.492 e. The molecule has 0 saturated carbocycles. The smallest absolute Gasteiger partial charge is 0.307 e. The Bertz CT molecular complexity index is 1230. The maximum absolute atomic E-state index is 11.7. The predicted octanol–water partition coefficient (Wildman–Crippen LogP) is 6.29. The van der Waals surface area contributed by atoms with Crippen LogP contribution in [0.1, 0.15) is 49.1 Å². The molecular weight excluding hydrogens is 474 g/mol. The van der Waals surface area contributed by atoms with Crippen LogP contribution in [0.3, 0.4) is 0 Å². The zero-order chi connectivity index (χ0) is 25.9. The highest BCUT2D eigenvalue weighted by Gasteiger charge is 2.29. The van der Waals surface area contributed by atoms with E-state index in [1.807, 2.05) is 44.3 Å². The molecule has 4 rings (SSSR count). The molecule has 1 fully saturated rings. The van der Waals surface area contributed by atoms with Crippen molar-refractivity contribution in [2.45, 2.75) is 53.4 Å². The second-order valence-electron chi connectivity index (χ2n) is 10.4. The molecule has 1 aromatic carbocycles. The summed E-state index contributed by atoms with van der Waals surface area (Å²) in [6.07, 6.45) is 6.32. The first-order valence-electron chi connectivity index (χ1n) is 12.4. The molecular formula is C29H34ClN3O3. The average Bonchev–Trinajstić information content (AvgIpc) is 2.83.